The Hall–Kier alpha value is -3.98. The normalized spacial score (nSPS) is 11.2. The number of nitrogens with zero attached hydrogens (tertiary/aromatic N) is 2. The van der Waals surface area contributed by atoms with Crippen molar-refractivity contribution in [2.75, 3.05) is 27.7 Å². The number of phenolic OH excluding ortho intramolecular Hbond substituents is 1. The fourth-order valence-electron chi connectivity index (χ4n) is 3.36. The molecule has 180 valence electrons. The van der Waals surface area contributed by atoms with E-state index in [4.69, 9.17) is 9.26 Å². The average molecular weight is 468 g/mol. The number of benzene rings is 2. The first-order valence-electron chi connectivity index (χ1n) is 10.7. The number of fused-ring (bicyclic) bond motifs is 1. The summed E-state index contributed by atoms with van der Waals surface area (Å²) in [5, 5.41) is 13.4. The number of rotatable bonds is 6. The second kappa shape index (κ2) is 12.9. The maximum Gasteiger partial charge on any atom is 0.257 e. The third-order valence-corrected chi connectivity index (χ3v) is 4.96. The molecular weight excluding hydrogens is 438 g/mol. The molecule has 0 fully saturated rings. The molecule has 1 heterocycles. The third-order valence-electron chi connectivity index (χ3n) is 4.96. The van der Waals surface area contributed by atoms with Gasteiger partial charge in [0, 0.05) is 25.7 Å². The Kier molecular flexibility index (Phi) is 9.97. The zero-order chi connectivity index (χ0) is 25.1. The molecule has 0 aliphatic heterocycles. The predicted molar refractivity (Wildman–Crippen MR) is 127 cm³/mol. The van der Waals surface area contributed by atoms with Gasteiger partial charge in [0.15, 0.2) is 18.3 Å². The molecule has 1 aromatic heterocycles. The molecule has 2 aromatic carbocycles. The Morgan fingerprint density at radius 2 is 1.85 bits per heavy atom. The Bertz CT molecular complexity index is 1120. The van der Waals surface area contributed by atoms with Gasteiger partial charge in [0.2, 0.25) is 0 Å². The zero-order valence-electron chi connectivity index (χ0n) is 19.5. The lowest BCUT2D eigenvalue weighted by Crippen LogP contribution is -2.21. The monoisotopic (exact) mass is 467 g/mol. The summed E-state index contributed by atoms with van der Waals surface area (Å²) in [5.74, 6) is 0.712. The van der Waals surface area contributed by atoms with Gasteiger partial charge in [0.05, 0.1) is 5.56 Å². The number of aromatic nitrogens is 1. The van der Waals surface area contributed by atoms with Gasteiger partial charge in [-0.2, -0.15) is 0 Å². The van der Waals surface area contributed by atoms with Crippen LogP contribution in [0.3, 0.4) is 0 Å². The molecule has 0 spiro atoms. The largest absolute Gasteiger partial charge is 0.507 e. The average Bonchev–Trinajstić information content (AvgIpc) is 3.53. The molecule has 1 aliphatic rings. The van der Waals surface area contributed by atoms with Crippen molar-refractivity contribution < 1.29 is 28.8 Å². The van der Waals surface area contributed by atoms with Crippen molar-refractivity contribution in [3.8, 4) is 22.8 Å². The van der Waals surface area contributed by atoms with Crippen LogP contribution in [0, 0.1) is 0 Å². The molecule has 1 amide bonds. The summed E-state index contributed by atoms with van der Waals surface area (Å²) in [6.07, 6.45) is 4.91. The van der Waals surface area contributed by atoms with Crippen molar-refractivity contribution in [3.63, 3.8) is 0 Å². The first-order valence-corrected chi connectivity index (χ1v) is 10.7. The van der Waals surface area contributed by atoms with Gasteiger partial charge in [0.25, 0.3) is 5.91 Å². The van der Waals surface area contributed by atoms with Gasteiger partial charge in [-0.05, 0) is 61.7 Å². The minimum absolute atomic E-state index is 0.152. The number of aryl methyl sites for hydroxylation is 2. The van der Waals surface area contributed by atoms with Gasteiger partial charge < -0.3 is 25.0 Å². The summed E-state index contributed by atoms with van der Waals surface area (Å²) in [7, 11) is 4.70. The third kappa shape index (κ3) is 6.76. The van der Waals surface area contributed by atoms with Crippen molar-refractivity contribution in [2.45, 2.75) is 19.3 Å². The quantitative estimate of drug-likeness (QED) is 0.528. The van der Waals surface area contributed by atoms with Crippen molar-refractivity contribution in [2.24, 2.45) is 5.73 Å². The van der Waals surface area contributed by atoms with E-state index in [1.54, 1.807) is 20.2 Å². The van der Waals surface area contributed by atoms with Crippen LogP contribution in [-0.4, -0.2) is 61.4 Å². The fraction of sp³-hybridized carbons (Fsp3) is 0.280. The van der Waals surface area contributed by atoms with Crippen molar-refractivity contribution in [3.05, 3.63) is 64.8 Å². The van der Waals surface area contributed by atoms with Crippen LogP contribution in [0.1, 0.15) is 38.4 Å². The summed E-state index contributed by atoms with van der Waals surface area (Å²) < 4.78 is 10.2. The van der Waals surface area contributed by atoms with Gasteiger partial charge in [-0.3, -0.25) is 14.4 Å². The van der Waals surface area contributed by atoms with Crippen LogP contribution in [0.4, 0.5) is 0 Å². The van der Waals surface area contributed by atoms with Crippen LogP contribution in [0.15, 0.2) is 47.0 Å². The Morgan fingerprint density at radius 1 is 1.12 bits per heavy atom. The summed E-state index contributed by atoms with van der Waals surface area (Å²) >= 11 is 0. The minimum atomic E-state index is -0.296. The van der Waals surface area contributed by atoms with Crippen molar-refractivity contribution in [1.82, 2.24) is 10.1 Å². The number of ether oxygens (including phenoxy) is 1. The Labute approximate surface area is 198 Å². The number of carbonyl (C=O) groups is 3. The van der Waals surface area contributed by atoms with Crippen LogP contribution in [0.25, 0.3) is 11.3 Å². The predicted octanol–water partition coefficient (Wildman–Crippen LogP) is 2.89. The first-order chi connectivity index (χ1) is 16.4. The Balaban J connectivity index is 0.000000237. The topological polar surface area (TPSA) is 136 Å². The van der Waals surface area contributed by atoms with Gasteiger partial charge >= 0.3 is 0 Å². The molecule has 9 nitrogen and oxygen atoms in total. The number of aromatic hydroxyl groups is 1. The molecule has 0 saturated carbocycles. The highest BCUT2D eigenvalue weighted by atomic mass is 16.5. The smallest absolute Gasteiger partial charge is 0.257 e. The van der Waals surface area contributed by atoms with Crippen LogP contribution >= 0.6 is 0 Å². The molecule has 0 unspecified atom stereocenters. The number of hydrogen-bond donors (Lipinski definition) is 2. The molecule has 1 aliphatic carbocycles. The van der Waals surface area contributed by atoms with E-state index in [0.29, 0.717) is 17.6 Å². The number of nitrogens with two attached hydrogens (primary N) is 1. The zero-order valence-corrected chi connectivity index (χ0v) is 19.5. The highest BCUT2D eigenvalue weighted by Gasteiger charge is 2.15. The molecule has 9 heteroatoms. The van der Waals surface area contributed by atoms with Crippen LogP contribution < -0.4 is 10.5 Å². The molecule has 0 saturated heterocycles. The molecule has 0 bridgehead atoms. The van der Waals surface area contributed by atoms with E-state index in [1.165, 1.54) is 54.1 Å². The van der Waals surface area contributed by atoms with E-state index in [-0.39, 0.29) is 29.5 Å². The minimum Gasteiger partial charge on any atom is -0.507 e. The highest BCUT2D eigenvalue weighted by Crippen LogP contribution is 2.28. The number of amides is 1. The van der Waals surface area contributed by atoms with E-state index in [2.05, 4.69) is 17.0 Å². The maximum absolute atomic E-state index is 11.7. The molecule has 4 rings (SSSR count). The summed E-state index contributed by atoms with van der Waals surface area (Å²) in [6, 6.07) is 12.0. The Morgan fingerprint density at radius 3 is 2.47 bits per heavy atom. The molecule has 3 N–H and O–H groups in total. The molecule has 0 atom stereocenters. The van der Waals surface area contributed by atoms with Crippen LogP contribution in [0.5, 0.6) is 11.5 Å². The number of carbonyl (C=O) groups excluding carboxylic acids is 3. The lowest BCUT2D eigenvalue weighted by atomic mass is 10.1. The highest BCUT2D eigenvalue weighted by molar-refractivity contribution is 5.97. The van der Waals surface area contributed by atoms with Crippen molar-refractivity contribution in [1.29, 1.82) is 0 Å². The van der Waals surface area contributed by atoms with E-state index in [0.717, 1.165) is 18.5 Å². The van der Waals surface area contributed by atoms with Gasteiger partial charge in [-0.25, -0.2) is 0 Å². The van der Waals surface area contributed by atoms with E-state index >= 15 is 0 Å². The van der Waals surface area contributed by atoms with E-state index < -0.39 is 0 Å². The second-order valence-electron chi connectivity index (χ2n) is 7.43. The molecule has 34 heavy (non-hydrogen) atoms. The van der Waals surface area contributed by atoms with E-state index in [9.17, 15) is 19.5 Å². The number of aldehydes is 2. The lowest BCUT2D eigenvalue weighted by molar-refractivity contribution is -0.109. The van der Waals surface area contributed by atoms with Gasteiger partial charge in [-0.1, -0.05) is 17.3 Å². The molecule has 0 radical (unpaired) electrons. The molecule has 3 aromatic rings. The first kappa shape index (κ1) is 26.3. The fourth-order valence-corrected chi connectivity index (χ4v) is 3.36. The van der Waals surface area contributed by atoms with Crippen molar-refractivity contribution >= 4 is 18.5 Å². The van der Waals surface area contributed by atoms with E-state index in [1.807, 2.05) is 12.1 Å². The standard InChI is InChI=1S/C13H12N2O4.C11H12O2.CH5N/c1-15(2)13(18)10-4-3-8(5-11(10)17)12-6-9(7-16)14-19-12;12-6-7-13-11-5-4-9-2-1-3-10(9)8-11;1-2/h3-7,17H,1-2H3;4-6,8H,1-3,7H2;2H2,1H3. The summed E-state index contributed by atoms with van der Waals surface area (Å²) in [5.41, 5.74) is 8.21. The number of hydrogen-bond acceptors (Lipinski definition) is 8. The SMILES string of the molecule is CN.CN(C)C(=O)c1ccc(-c2cc(C=O)no2)cc1O.O=CCOc1ccc2c(c1)CCC2. The summed E-state index contributed by atoms with van der Waals surface area (Å²) in [6.45, 7) is 0.152. The maximum atomic E-state index is 11.7. The van der Waals surface area contributed by atoms with Crippen LogP contribution in [0.2, 0.25) is 0 Å². The summed E-state index contributed by atoms with van der Waals surface area (Å²) in [4.78, 5) is 33.7. The lowest BCUT2D eigenvalue weighted by Gasteiger charge is -2.11. The second-order valence-corrected chi connectivity index (χ2v) is 7.43. The molecular formula is C25H29N3O6. The number of phenols is 1. The van der Waals surface area contributed by atoms with Gasteiger partial charge in [-0.15, -0.1) is 0 Å². The van der Waals surface area contributed by atoms with Gasteiger partial charge in [0.1, 0.15) is 23.8 Å². The van der Waals surface area contributed by atoms with Crippen LogP contribution in [-0.2, 0) is 17.6 Å².